The minimum atomic E-state index is -2.00. The first kappa shape index (κ1) is 20.9. The Bertz CT molecular complexity index is 673. The number of hydrogen-bond acceptors (Lipinski definition) is 2. The number of hydrogen-bond donors (Lipinski definition) is 1. The van der Waals surface area contributed by atoms with E-state index in [2.05, 4.69) is 56.9 Å². The van der Waals surface area contributed by atoms with Crippen LogP contribution in [0.5, 0.6) is 5.75 Å². The summed E-state index contributed by atoms with van der Waals surface area (Å²) < 4.78 is 7.00. The fraction of sp³-hybridized carbons (Fsp3) is 0.455. The molecule has 0 aliphatic heterocycles. The minimum absolute atomic E-state index is 0.411. The summed E-state index contributed by atoms with van der Waals surface area (Å²) in [4.78, 5) is 0. The van der Waals surface area contributed by atoms with Gasteiger partial charge in [0, 0.05) is 0 Å². The lowest BCUT2D eigenvalue weighted by Crippen LogP contribution is -2.54. The van der Waals surface area contributed by atoms with Crippen molar-refractivity contribution >= 4 is 21.8 Å². The predicted octanol–water partition coefficient (Wildman–Crippen LogP) is 5.83. The summed E-state index contributed by atoms with van der Waals surface area (Å²) in [5.74, 6) is 0.411. The van der Waals surface area contributed by atoms with E-state index < -0.39 is 16.6 Å². The zero-order chi connectivity index (χ0) is 19.0. The fourth-order valence-electron chi connectivity index (χ4n) is 3.65. The highest BCUT2D eigenvalue weighted by Gasteiger charge is 2.37. The fourth-order valence-corrected chi connectivity index (χ4v) is 13.1. The average Bonchev–Trinajstić information content (AvgIpc) is 2.62. The van der Waals surface area contributed by atoms with E-state index in [9.17, 15) is 5.11 Å². The molecule has 0 aliphatic carbocycles. The lowest BCUT2D eigenvalue weighted by Gasteiger charge is -2.37. The second kappa shape index (κ2) is 9.54. The molecule has 1 atom stereocenters. The van der Waals surface area contributed by atoms with Crippen LogP contribution in [0.15, 0.2) is 54.6 Å². The standard InChI is InChI=1S/C22H34O2Si2/c1-5-6-18-25(2,3)24-26(4,21-15-8-7-9-16-21)19-12-14-20-13-10-11-17-22(20)23/h7-11,13,15-17,23H,5-6,12,14,18-19H2,1-4H3. The molecule has 0 bridgehead atoms. The molecular weight excluding hydrogens is 352 g/mol. The molecule has 4 heteroatoms. The molecule has 26 heavy (non-hydrogen) atoms. The number of para-hydroxylation sites is 1. The Morgan fingerprint density at radius 3 is 2.15 bits per heavy atom. The van der Waals surface area contributed by atoms with E-state index in [1.807, 2.05) is 18.2 Å². The van der Waals surface area contributed by atoms with E-state index in [4.69, 9.17) is 4.12 Å². The van der Waals surface area contributed by atoms with Gasteiger partial charge in [0.05, 0.1) is 0 Å². The van der Waals surface area contributed by atoms with Crippen molar-refractivity contribution in [2.45, 2.75) is 64.3 Å². The molecule has 0 aliphatic rings. The summed E-state index contributed by atoms with van der Waals surface area (Å²) in [5, 5.41) is 11.4. The van der Waals surface area contributed by atoms with Crippen molar-refractivity contribution < 1.29 is 9.22 Å². The predicted molar refractivity (Wildman–Crippen MR) is 117 cm³/mol. The summed E-state index contributed by atoms with van der Waals surface area (Å²) in [7, 11) is -3.67. The van der Waals surface area contributed by atoms with Crippen LogP contribution >= 0.6 is 0 Å². The van der Waals surface area contributed by atoms with Gasteiger partial charge in [0.2, 0.25) is 8.32 Å². The molecule has 0 amide bonds. The number of benzene rings is 2. The van der Waals surface area contributed by atoms with Gasteiger partial charge in [-0.15, -0.1) is 0 Å². The number of phenolic OH excluding ortho intramolecular Hbond substituents is 1. The lowest BCUT2D eigenvalue weighted by atomic mass is 10.1. The molecule has 2 aromatic rings. The quantitative estimate of drug-likeness (QED) is 0.521. The highest BCUT2D eigenvalue weighted by Crippen LogP contribution is 2.26. The van der Waals surface area contributed by atoms with Gasteiger partial charge in [0.1, 0.15) is 5.75 Å². The van der Waals surface area contributed by atoms with Crippen LogP contribution in [0.1, 0.15) is 31.7 Å². The lowest BCUT2D eigenvalue weighted by molar-refractivity contribution is 0.467. The molecule has 142 valence electrons. The number of aromatic hydroxyl groups is 1. The monoisotopic (exact) mass is 386 g/mol. The maximum absolute atomic E-state index is 10.0. The molecule has 2 rings (SSSR count). The van der Waals surface area contributed by atoms with Gasteiger partial charge in [0.25, 0.3) is 0 Å². The topological polar surface area (TPSA) is 29.5 Å². The second-order valence-corrected chi connectivity index (χ2v) is 16.4. The van der Waals surface area contributed by atoms with Gasteiger partial charge in [-0.05, 0) is 61.4 Å². The zero-order valence-corrected chi connectivity index (χ0v) is 18.8. The van der Waals surface area contributed by atoms with Crippen LogP contribution in [0.3, 0.4) is 0 Å². The van der Waals surface area contributed by atoms with Crippen molar-refractivity contribution in [3.8, 4) is 5.75 Å². The van der Waals surface area contributed by atoms with Gasteiger partial charge < -0.3 is 9.22 Å². The summed E-state index contributed by atoms with van der Waals surface area (Å²) in [6.45, 7) is 9.39. The third-order valence-corrected chi connectivity index (χ3v) is 13.5. The maximum Gasteiger partial charge on any atom is 0.209 e. The third kappa shape index (κ3) is 6.11. The van der Waals surface area contributed by atoms with Gasteiger partial charge in [-0.25, -0.2) is 0 Å². The molecule has 0 saturated carbocycles. The first-order chi connectivity index (χ1) is 12.4. The molecule has 0 spiro atoms. The molecule has 0 radical (unpaired) electrons. The first-order valence-electron chi connectivity index (χ1n) is 9.89. The van der Waals surface area contributed by atoms with Crippen molar-refractivity contribution in [2.24, 2.45) is 0 Å². The van der Waals surface area contributed by atoms with Crippen LogP contribution in [0.2, 0.25) is 31.7 Å². The van der Waals surface area contributed by atoms with Gasteiger partial charge in [-0.2, -0.15) is 0 Å². The Kier molecular flexibility index (Phi) is 7.68. The zero-order valence-electron chi connectivity index (χ0n) is 16.8. The molecule has 0 saturated heterocycles. The smallest absolute Gasteiger partial charge is 0.209 e. The van der Waals surface area contributed by atoms with E-state index in [0.717, 1.165) is 24.4 Å². The van der Waals surface area contributed by atoms with Crippen molar-refractivity contribution in [3.63, 3.8) is 0 Å². The Labute approximate surface area is 161 Å². The number of unbranched alkanes of at least 4 members (excludes halogenated alkanes) is 1. The van der Waals surface area contributed by atoms with Crippen molar-refractivity contribution in [2.75, 3.05) is 0 Å². The van der Waals surface area contributed by atoms with E-state index >= 15 is 0 Å². The molecule has 0 heterocycles. The summed E-state index contributed by atoms with van der Waals surface area (Å²) >= 11 is 0. The average molecular weight is 387 g/mol. The van der Waals surface area contributed by atoms with Gasteiger partial charge >= 0.3 is 0 Å². The van der Waals surface area contributed by atoms with Gasteiger partial charge in [-0.3, -0.25) is 0 Å². The molecule has 2 aromatic carbocycles. The van der Waals surface area contributed by atoms with Crippen LogP contribution in [0.4, 0.5) is 0 Å². The van der Waals surface area contributed by atoms with E-state index in [-0.39, 0.29) is 0 Å². The van der Waals surface area contributed by atoms with Crippen molar-refractivity contribution in [1.82, 2.24) is 0 Å². The van der Waals surface area contributed by atoms with Crippen LogP contribution in [0.25, 0.3) is 0 Å². The van der Waals surface area contributed by atoms with E-state index in [1.165, 1.54) is 24.1 Å². The maximum atomic E-state index is 10.0. The highest BCUT2D eigenvalue weighted by atomic mass is 28.4. The van der Waals surface area contributed by atoms with E-state index in [1.54, 1.807) is 6.07 Å². The first-order valence-corrected chi connectivity index (χ1v) is 15.6. The Morgan fingerprint density at radius 2 is 1.50 bits per heavy atom. The molecular formula is C22H34O2Si2. The van der Waals surface area contributed by atoms with Crippen LogP contribution in [0, 0.1) is 0 Å². The van der Waals surface area contributed by atoms with Crippen molar-refractivity contribution in [3.05, 3.63) is 60.2 Å². The molecule has 0 fully saturated rings. The van der Waals surface area contributed by atoms with E-state index in [0.29, 0.717) is 5.75 Å². The van der Waals surface area contributed by atoms with Gasteiger partial charge in [-0.1, -0.05) is 68.3 Å². The molecule has 2 nitrogen and oxygen atoms in total. The summed E-state index contributed by atoms with van der Waals surface area (Å²) in [5.41, 5.74) is 1.04. The number of rotatable bonds is 10. The minimum Gasteiger partial charge on any atom is -0.508 e. The Balaban J connectivity index is 2.12. The molecule has 0 aromatic heterocycles. The summed E-state index contributed by atoms with van der Waals surface area (Å²) in [6.07, 6.45) is 4.45. The SMILES string of the molecule is CCCC[Si](C)(C)O[Si](C)(CCCc1ccccc1O)c1ccccc1. The third-order valence-electron chi connectivity index (χ3n) is 5.11. The van der Waals surface area contributed by atoms with Crippen LogP contribution < -0.4 is 5.19 Å². The van der Waals surface area contributed by atoms with Crippen LogP contribution in [-0.2, 0) is 10.5 Å². The molecule has 1 unspecified atom stereocenters. The van der Waals surface area contributed by atoms with Gasteiger partial charge in [0.15, 0.2) is 8.32 Å². The summed E-state index contributed by atoms with van der Waals surface area (Å²) in [6, 6.07) is 20.9. The second-order valence-electron chi connectivity index (χ2n) is 8.04. The number of phenols is 1. The number of aryl methyl sites for hydroxylation is 1. The Hall–Kier alpha value is -1.37. The van der Waals surface area contributed by atoms with Crippen LogP contribution in [-0.4, -0.2) is 21.7 Å². The Morgan fingerprint density at radius 1 is 0.846 bits per heavy atom. The largest absolute Gasteiger partial charge is 0.508 e. The normalized spacial score (nSPS) is 14.2. The van der Waals surface area contributed by atoms with Crippen molar-refractivity contribution in [1.29, 1.82) is 0 Å². The highest BCUT2D eigenvalue weighted by molar-refractivity contribution is 6.93. The molecule has 1 N–H and O–H groups in total.